The lowest BCUT2D eigenvalue weighted by atomic mass is 10.2. The highest BCUT2D eigenvalue weighted by atomic mass is 35.5. The SMILES string of the molecule is CCCCc1nc(Cl)c(C(=O)O)n1Cc1cc(F)ccc1Cl. The zero-order chi connectivity index (χ0) is 16.3. The van der Waals surface area contributed by atoms with Crippen molar-refractivity contribution in [3.63, 3.8) is 0 Å². The Morgan fingerprint density at radius 1 is 1.41 bits per heavy atom. The zero-order valence-corrected chi connectivity index (χ0v) is 13.5. The van der Waals surface area contributed by atoms with Crippen LogP contribution in [-0.2, 0) is 13.0 Å². The van der Waals surface area contributed by atoms with Gasteiger partial charge in [0.05, 0.1) is 6.54 Å². The molecule has 0 aliphatic rings. The van der Waals surface area contributed by atoms with Crippen molar-refractivity contribution in [1.29, 1.82) is 0 Å². The molecule has 0 spiro atoms. The largest absolute Gasteiger partial charge is 0.476 e. The van der Waals surface area contributed by atoms with Crippen molar-refractivity contribution in [2.75, 3.05) is 0 Å². The third-order valence-electron chi connectivity index (χ3n) is 3.30. The van der Waals surface area contributed by atoms with Crippen LogP contribution in [0.1, 0.15) is 41.6 Å². The van der Waals surface area contributed by atoms with Gasteiger partial charge in [0.15, 0.2) is 10.8 Å². The molecule has 7 heteroatoms. The molecule has 0 atom stereocenters. The summed E-state index contributed by atoms with van der Waals surface area (Å²) >= 11 is 12.0. The van der Waals surface area contributed by atoms with Gasteiger partial charge in [0.25, 0.3) is 0 Å². The van der Waals surface area contributed by atoms with Crippen molar-refractivity contribution in [2.24, 2.45) is 0 Å². The van der Waals surface area contributed by atoms with Gasteiger partial charge in [0.1, 0.15) is 11.6 Å². The predicted molar refractivity (Wildman–Crippen MR) is 83.3 cm³/mol. The molecule has 1 aromatic heterocycles. The molecule has 0 fully saturated rings. The summed E-state index contributed by atoms with van der Waals surface area (Å²) in [5, 5.41) is 9.64. The second-order valence-electron chi connectivity index (χ2n) is 4.90. The predicted octanol–water partition coefficient (Wildman–Crippen LogP) is 4.42. The maximum Gasteiger partial charge on any atom is 0.355 e. The molecular formula is C15H15Cl2FN2O2. The molecule has 118 valence electrons. The lowest BCUT2D eigenvalue weighted by molar-refractivity contribution is 0.0685. The number of carbonyl (C=O) groups is 1. The van der Waals surface area contributed by atoms with Gasteiger partial charge in [-0.05, 0) is 30.2 Å². The number of carboxylic acid groups (broad SMARTS) is 1. The third kappa shape index (κ3) is 3.59. The molecule has 0 bridgehead atoms. The second kappa shape index (κ2) is 7.11. The summed E-state index contributed by atoms with van der Waals surface area (Å²) in [5.74, 6) is -1.05. The van der Waals surface area contributed by atoms with E-state index in [1.54, 1.807) is 0 Å². The van der Waals surface area contributed by atoms with E-state index in [1.807, 2.05) is 6.92 Å². The van der Waals surface area contributed by atoms with Crippen LogP contribution in [-0.4, -0.2) is 20.6 Å². The van der Waals surface area contributed by atoms with Crippen LogP contribution in [0.5, 0.6) is 0 Å². The van der Waals surface area contributed by atoms with E-state index in [4.69, 9.17) is 23.2 Å². The molecule has 0 aliphatic heterocycles. The van der Waals surface area contributed by atoms with Gasteiger partial charge in [-0.15, -0.1) is 0 Å². The molecule has 2 aromatic rings. The highest BCUT2D eigenvalue weighted by molar-refractivity contribution is 6.32. The van der Waals surface area contributed by atoms with Gasteiger partial charge in [-0.2, -0.15) is 0 Å². The van der Waals surface area contributed by atoms with Crippen molar-refractivity contribution in [1.82, 2.24) is 9.55 Å². The van der Waals surface area contributed by atoms with E-state index in [0.717, 1.165) is 12.8 Å². The van der Waals surface area contributed by atoms with Gasteiger partial charge in [-0.3, -0.25) is 0 Å². The van der Waals surface area contributed by atoms with Gasteiger partial charge in [0, 0.05) is 11.4 Å². The van der Waals surface area contributed by atoms with Crippen LogP contribution in [0, 0.1) is 5.82 Å². The minimum absolute atomic E-state index is 0.0638. The average molecular weight is 345 g/mol. The second-order valence-corrected chi connectivity index (χ2v) is 5.66. The maximum atomic E-state index is 13.4. The first kappa shape index (κ1) is 16.8. The molecule has 1 heterocycles. The lowest BCUT2D eigenvalue weighted by Gasteiger charge is -2.11. The molecular weight excluding hydrogens is 330 g/mol. The van der Waals surface area contributed by atoms with Gasteiger partial charge < -0.3 is 9.67 Å². The van der Waals surface area contributed by atoms with Crippen molar-refractivity contribution in [3.8, 4) is 0 Å². The number of aromatic carboxylic acids is 1. The Kier molecular flexibility index (Phi) is 5.42. The van der Waals surface area contributed by atoms with Crippen LogP contribution >= 0.6 is 23.2 Å². The highest BCUT2D eigenvalue weighted by Crippen LogP contribution is 2.24. The lowest BCUT2D eigenvalue weighted by Crippen LogP contribution is -2.13. The standard InChI is InChI=1S/C15H15Cl2FN2O2/c1-2-3-4-12-19-14(17)13(15(21)22)20(12)8-9-7-10(18)5-6-11(9)16/h5-7H,2-4,8H2,1H3,(H,21,22). The molecule has 0 unspecified atom stereocenters. The fourth-order valence-corrected chi connectivity index (χ4v) is 2.66. The van der Waals surface area contributed by atoms with E-state index in [-0.39, 0.29) is 17.4 Å². The molecule has 0 radical (unpaired) electrons. The summed E-state index contributed by atoms with van der Waals surface area (Å²) in [7, 11) is 0. The molecule has 2 rings (SSSR count). The number of nitrogens with zero attached hydrogens (tertiary/aromatic N) is 2. The van der Waals surface area contributed by atoms with Gasteiger partial charge >= 0.3 is 5.97 Å². The molecule has 4 nitrogen and oxygen atoms in total. The van der Waals surface area contributed by atoms with Gasteiger partial charge in [-0.1, -0.05) is 36.5 Å². The Morgan fingerprint density at radius 2 is 2.14 bits per heavy atom. The number of rotatable bonds is 6. The number of unbranched alkanes of at least 4 members (excludes halogenated alkanes) is 1. The molecule has 22 heavy (non-hydrogen) atoms. The number of hydrogen-bond donors (Lipinski definition) is 1. The van der Waals surface area contributed by atoms with E-state index in [0.29, 0.717) is 22.8 Å². The minimum Gasteiger partial charge on any atom is -0.476 e. The molecule has 1 N–H and O–H groups in total. The molecule has 0 saturated carbocycles. The minimum atomic E-state index is -1.17. The van der Waals surface area contributed by atoms with Crippen LogP contribution in [0.3, 0.4) is 0 Å². The number of hydrogen-bond acceptors (Lipinski definition) is 2. The van der Waals surface area contributed by atoms with Crippen LogP contribution in [0.25, 0.3) is 0 Å². The summed E-state index contributed by atoms with van der Waals surface area (Å²) in [6, 6.07) is 3.98. The summed E-state index contributed by atoms with van der Waals surface area (Å²) in [6.45, 7) is 2.13. The number of carboxylic acids is 1. The monoisotopic (exact) mass is 344 g/mol. The molecule has 0 aliphatic carbocycles. The van der Waals surface area contributed by atoms with Crippen LogP contribution in [0.4, 0.5) is 4.39 Å². The Bertz CT molecular complexity index is 701. The topological polar surface area (TPSA) is 55.1 Å². The Labute approximate surface area is 137 Å². The normalized spacial score (nSPS) is 10.9. The van der Waals surface area contributed by atoms with Crippen LogP contribution in [0.2, 0.25) is 10.2 Å². The number of benzene rings is 1. The summed E-state index contributed by atoms with van der Waals surface area (Å²) in [4.78, 5) is 15.5. The first-order chi connectivity index (χ1) is 10.4. The fourth-order valence-electron chi connectivity index (χ4n) is 2.20. The van der Waals surface area contributed by atoms with E-state index >= 15 is 0 Å². The average Bonchev–Trinajstić information content (AvgIpc) is 2.76. The maximum absolute atomic E-state index is 13.4. The van der Waals surface area contributed by atoms with Crippen molar-refractivity contribution in [2.45, 2.75) is 32.7 Å². The number of imidazole rings is 1. The Morgan fingerprint density at radius 3 is 2.77 bits per heavy atom. The Balaban J connectivity index is 2.47. The molecule has 0 saturated heterocycles. The summed E-state index contributed by atoms with van der Waals surface area (Å²) in [6.07, 6.45) is 2.38. The van der Waals surface area contributed by atoms with Gasteiger partial charge in [-0.25, -0.2) is 14.2 Å². The third-order valence-corrected chi connectivity index (χ3v) is 3.93. The van der Waals surface area contributed by atoms with E-state index in [9.17, 15) is 14.3 Å². The van der Waals surface area contributed by atoms with E-state index < -0.39 is 11.8 Å². The first-order valence-electron chi connectivity index (χ1n) is 6.86. The van der Waals surface area contributed by atoms with Crippen LogP contribution in [0.15, 0.2) is 18.2 Å². The Hall–Kier alpha value is -1.59. The number of halogens is 3. The van der Waals surface area contributed by atoms with Crippen molar-refractivity contribution >= 4 is 29.2 Å². The van der Waals surface area contributed by atoms with Crippen molar-refractivity contribution < 1.29 is 14.3 Å². The summed E-state index contributed by atoms with van der Waals surface area (Å²) in [5.41, 5.74) is 0.379. The quantitative estimate of drug-likeness (QED) is 0.843. The number of aromatic nitrogens is 2. The molecule has 1 aromatic carbocycles. The zero-order valence-electron chi connectivity index (χ0n) is 11.9. The van der Waals surface area contributed by atoms with Crippen LogP contribution < -0.4 is 0 Å². The van der Waals surface area contributed by atoms with Gasteiger partial charge in [0.2, 0.25) is 0 Å². The molecule has 0 amide bonds. The van der Waals surface area contributed by atoms with E-state index in [2.05, 4.69) is 4.98 Å². The smallest absolute Gasteiger partial charge is 0.355 e. The first-order valence-corrected chi connectivity index (χ1v) is 7.61. The fraction of sp³-hybridized carbons (Fsp3) is 0.333. The summed E-state index contributed by atoms with van der Waals surface area (Å²) < 4.78 is 14.9. The van der Waals surface area contributed by atoms with Crippen molar-refractivity contribution in [3.05, 3.63) is 51.3 Å². The number of aryl methyl sites for hydroxylation is 1. The highest BCUT2D eigenvalue weighted by Gasteiger charge is 2.22. The van der Waals surface area contributed by atoms with E-state index in [1.165, 1.54) is 22.8 Å².